The Morgan fingerprint density at radius 1 is 1.14 bits per heavy atom. The number of allylic oxidation sites excluding steroid dienone is 1. The molecule has 11 heteroatoms. The summed E-state index contributed by atoms with van der Waals surface area (Å²) in [6.07, 6.45) is 1.69. The number of carbonyl (C=O) groups excluding carboxylic acids is 2. The average molecular weight is 561 g/mol. The molecule has 0 unspecified atom stereocenters. The molecule has 4 rings (SSSR count). The maximum Gasteiger partial charge on any atom is 0.338 e. The van der Waals surface area contributed by atoms with Crippen molar-refractivity contribution in [1.82, 2.24) is 4.57 Å². The predicted octanol–water partition coefficient (Wildman–Crippen LogP) is 4.04. The van der Waals surface area contributed by atoms with Crippen molar-refractivity contribution >= 4 is 52.6 Å². The predicted molar refractivity (Wildman–Crippen MR) is 141 cm³/mol. The van der Waals surface area contributed by atoms with Gasteiger partial charge >= 0.3 is 11.9 Å². The number of thiazole rings is 1. The Labute approximate surface area is 226 Å². The summed E-state index contributed by atoms with van der Waals surface area (Å²) in [5.74, 6) is -0.618. The molecule has 1 aromatic heterocycles. The van der Waals surface area contributed by atoms with Crippen molar-refractivity contribution in [3.8, 4) is 11.5 Å². The average Bonchev–Trinajstić information content (AvgIpc) is 3.15. The molecule has 2 aromatic carbocycles. The second-order valence-electron chi connectivity index (χ2n) is 7.98. The number of aromatic nitrogens is 1. The van der Waals surface area contributed by atoms with Gasteiger partial charge in [0, 0.05) is 6.92 Å². The van der Waals surface area contributed by atoms with Crippen LogP contribution in [0.25, 0.3) is 6.08 Å². The summed E-state index contributed by atoms with van der Waals surface area (Å²) in [5.41, 5.74) is 1.53. The van der Waals surface area contributed by atoms with Gasteiger partial charge in [-0.3, -0.25) is 14.2 Å². The van der Waals surface area contributed by atoms with Crippen LogP contribution in [-0.2, 0) is 14.3 Å². The lowest BCUT2D eigenvalue weighted by atomic mass is 9.95. The Bertz CT molecular complexity index is 1620. The molecule has 1 aliphatic rings. The second kappa shape index (κ2) is 10.9. The third-order valence-corrected chi connectivity index (χ3v) is 7.24. The Morgan fingerprint density at radius 2 is 1.89 bits per heavy atom. The third kappa shape index (κ3) is 5.34. The minimum Gasteiger partial charge on any atom is -0.493 e. The van der Waals surface area contributed by atoms with Gasteiger partial charge in [0.25, 0.3) is 5.56 Å². The van der Waals surface area contributed by atoms with Crippen LogP contribution in [0.15, 0.2) is 57.5 Å². The van der Waals surface area contributed by atoms with Gasteiger partial charge in [0.05, 0.1) is 45.6 Å². The lowest BCUT2D eigenvalue weighted by Crippen LogP contribution is -2.40. The van der Waals surface area contributed by atoms with E-state index in [0.717, 1.165) is 0 Å². The van der Waals surface area contributed by atoms with Gasteiger partial charge in [0.1, 0.15) is 0 Å². The van der Waals surface area contributed by atoms with E-state index in [9.17, 15) is 14.4 Å². The minimum atomic E-state index is -0.855. The fourth-order valence-corrected chi connectivity index (χ4v) is 5.31. The van der Waals surface area contributed by atoms with E-state index in [1.807, 2.05) is 0 Å². The number of methoxy groups -OCH3 is 1. The van der Waals surface area contributed by atoms with Gasteiger partial charge in [-0.2, -0.15) is 0 Å². The first-order chi connectivity index (χ1) is 17.6. The van der Waals surface area contributed by atoms with Gasteiger partial charge < -0.3 is 14.2 Å². The Morgan fingerprint density at radius 3 is 2.54 bits per heavy atom. The topological polar surface area (TPSA) is 96.2 Å². The van der Waals surface area contributed by atoms with Crippen LogP contribution < -0.4 is 24.4 Å². The summed E-state index contributed by atoms with van der Waals surface area (Å²) in [4.78, 5) is 43.2. The van der Waals surface area contributed by atoms with Gasteiger partial charge in [-0.25, -0.2) is 9.79 Å². The fraction of sp³-hybridized carbons (Fsp3) is 0.231. The van der Waals surface area contributed by atoms with Crippen molar-refractivity contribution in [2.45, 2.75) is 26.8 Å². The maximum absolute atomic E-state index is 13.7. The van der Waals surface area contributed by atoms with Crippen molar-refractivity contribution in [2.24, 2.45) is 4.99 Å². The van der Waals surface area contributed by atoms with Crippen LogP contribution in [0.5, 0.6) is 11.5 Å². The number of fused-ring (bicyclic) bond motifs is 1. The molecule has 8 nitrogen and oxygen atoms in total. The van der Waals surface area contributed by atoms with E-state index in [1.165, 1.54) is 29.9 Å². The standard InChI is InChI=1S/C26H22Cl2N2O6S/c1-5-35-25(33)22-13(2)29-26-30(23(22)16-7-9-19(36-14(3)31)20(12-16)34-4)24(32)21(37-26)11-15-6-8-17(27)18(28)10-15/h6-12,23H,5H2,1-4H3/b21-11-/t23-/m0/s1. The van der Waals surface area contributed by atoms with Gasteiger partial charge in [-0.05, 0) is 55.3 Å². The van der Waals surface area contributed by atoms with Crippen LogP contribution in [0.2, 0.25) is 10.0 Å². The number of esters is 2. The van der Waals surface area contributed by atoms with Gasteiger partial charge in [0.15, 0.2) is 16.3 Å². The van der Waals surface area contributed by atoms with Crippen LogP contribution >= 0.6 is 34.5 Å². The number of carbonyl (C=O) groups is 2. The molecule has 37 heavy (non-hydrogen) atoms. The summed E-state index contributed by atoms with van der Waals surface area (Å²) in [5, 5.41) is 0.766. The van der Waals surface area contributed by atoms with Crippen molar-refractivity contribution in [1.29, 1.82) is 0 Å². The molecule has 0 amide bonds. The largest absolute Gasteiger partial charge is 0.493 e. The van der Waals surface area contributed by atoms with Gasteiger partial charge in [-0.1, -0.05) is 46.7 Å². The van der Waals surface area contributed by atoms with Gasteiger partial charge in [0.2, 0.25) is 0 Å². The number of benzene rings is 2. The molecule has 0 N–H and O–H groups in total. The number of hydrogen-bond donors (Lipinski definition) is 0. The minimum absolute atomic E-state index is 0.152. The van der Waals surface area contributed by atoms with Crippen molar-refractivity contribution in [2.75, 3.05) is 13.7 Å². The molecular weight excluding hydrogens is 539 g/mol. The number of rotatable bonds is 6. The van der Waals surface area contributed by atoms with E-state index < -0.39 is 18.0 Å². The third-order valence-electron chi connectivity index (χ3n) is 5.52. The first-order valence-corrected chi connectivity index (χ1v) is 12.7. The maximum atomic E-state index is 13.7. The highest BCUT2D eigenvalue weighted by Crippen LogP contribution is 2.36. The molecule has 0 bridgehead atoms. The molecule has 2 heterocycles. The van der Waals surface area contributed by atoms with Crippen LogP contribution in [0, 0.1) is 0 Å². The fourth-order valence-electron chi connectivity index (χ4n) is 3.95. The normalized spacial score (nSPS) is 15.2. The number of halogens is 2. The molecule has 0 aliphatic carbocycles. The van der Waals surface area contributed by atoms with Gasteiger partial charge in [-0.15, -0.1) is 0 Å². The lowest BCUT2D eigenvalue weighted by molar-refractivity contribution is -0.139. The first-order valence-electron chi connectivity index (χ1n) is 11.2. The quantitative estimate of drug-likeness (QED) is 0.333. The summed E-state index contributed by atoms with van der Waals surface area (Å²) >= 11 is 13.4. The van der Waals surface area contributed by atoms with E-state index >= 15 is 0 Å². The highest BCUT2D eigenvalue weighted by Gasteiger charge is 2.34. The molecule has 0 saturated heterocycles. The van der Waals surface area contributed by atoms with Crippen molar-refractivity contribution < 1.29 is 23.8 Å². The molecule has 0 fully saturated rings. The lowest BCUT2D eigenvalue weighted by Gasteiger charge is -2.25. The van der Waals surface area contributed by atoms with Crippen LogP contribution in [0.3, 0.4) is 0 Å². The van der Waals surface area contributed by atoms with E-state index in [-0.39, 0.29) is 29.2 Å². The van der Waals surface area contributed by atoms with E-state index in [1.54, 1.807) is 56.3 Å². The highest BCUT2D eigenvalue weighted by atomic mass is 35.5. The number of ether oxygens (including phenoxy) is 3. The molecule has 1 aliphatic heterocycles. The van der Waals surface area contributed by atoms with E-state index in [2.05, 4.69) is 4.99 Å². The zero-order chi connectivity index (χ0) is 26.9. The first kappa shape index (κ1) is 26.7. The number of hydrogen-bond acceptors (Lipinski definition) is 8. The molecule has 192 valence electrons. The van der Waals surface area contributed by atoms with Crippen molar-refractivity contribution in [3.63, 3.8) is 0 Å². The van der Waals surface area contributed by atoms with E-state index in [0.29, 0.717) is 36.2 Å². The molecule has 1 atom stereocenters. The Balaban J connectivity index is 1.95. The highest BCUT2D eigenvalue weighted by molar-refractivity contribution is 7.07. The molecule has 3 aromatic rings. The van der Waals surface area contributed by atoms with Crippen LogP contribution in [0.1, 0.15) is 37.9 Å². The molecular formula is C26H22Cl2N2O6S. The number of nitrogens with zero attached hydrogens (tertiary/aromatic N) is 2. The van der Waals surface area contributed by atoms with Crippen LogP contribution in [0.4, 0.5) is 0 Å². The Hall–Kier alpha value is -3.40. The Kier molecular flexibility index (Phi) is 7.87. The van der Waals surface area contributed by atoms with Crippen LogP contribution in [-0.4, -0.2) is 30.2 Å². The van der Waals surface area contributed by atoms with E-state index in [4.69, 9.17) is 37.4 Å². The smallest absolute Gasteiger partial charge is 0.338 e. The molecule has 0 saturated carbocycles. The second-order valence-corrected chi connectivity index (χ2v) is 9.80. The summed E-state index contributed by atoms with van der Waals surface area (Å²) in [7, 11) is 1.43. The summed E-state index contributed by atoms with van der Waals surface area (Å²) in [6.45, 7) is 4.83. The molecule has 0 spiro atoms. The summed E-state index contributed by atoms with van der Waals surface area (Å²) in [6, 6.07) is 9.04. The van der Waals surface area contributed by atoms with Crippen molar-refractivity contribution in [3.05, 3.63) is 88.5 Å². The monoisotopic (exact) mass is 560 g/mol. The summed E-state index contributed by atoms with van der Waals surface area (Å²) < 4.78 is 17.8. The zero-order valence-electron chi connectivity index (χ0n) is 20.3. The SMILES string of the molecule is CCOC(=O)C1=C(C)N=c2s/c(=C\c3ccc(Cl)c(Cl)c3)c(=O)n2[C@H]1c1ccc(OC(C)=O)c(OC)c1. The zero-order valence-corrected chi connectivity index (χ0v) is 22.7. The molecule has 0 radical (unpaired) electrons.